The van der Waals surface area contributed by atoms with Crippen molar-refractivity contribution in [2.45, 2.75) is 0 Å². The standard InChI is InChI=1S/C16H11BrN2O3S2/c17-10-5-13-14(22-3-2-21-13)6-11(10)18-15(20)12-8-24-16(19-12)9-1-4-23-7-9/h1,4-8H,2-3H2,(H,18,20). The molecule has 1 amide bonds. The van der Waals surface area contributed by atoms with Crippen molar-refractivity contribution in [2.24, 2.45) is 0 Å². The molecule has 0 unspecified atom stereocenters. The molecule has 4 rings (SSSR count). The largest absolute Gasteiger partial charge is 0.486 e. The lowest BCUT2D eigenvalue weighted by Crippen LogP contribution is -2.17. The molecule has 1 N–H and O–H groups in total. The van der Waals surface area contributed by atoms with Gasteiger partial charge in [-0.1, -0.05) is 0 Å². The van der Waals surface area contributed by atoms with Crippen LogP contribution in [-0.4, -0.2) is 24.1 Å². The minimum atomic E-state index is -0.259. The maximum absolute atomic E-state index is 12.5. The Bertz CT molecular complexity index is 893. The summed E-state index contributed by atoms with van der Waals surface area (Å²) in [6.45, 7) is 1.02. The number of fused-ring (bicyclic) bond motifs is 1. The minimum Gasteiger partial charge on any atom is -0.486 e. The molecule has 1 aromatic carbocycles. The zero-order chi connectivity index (χ0) is 16.5. The molecule has 8 heteroatoms. The molecule has 3 heterocycles. The van der Waals surface area contributed by atoms with Crippen molar-refractivity contribution in [1.29, 1.82) is 0 Å². The first-order valence-corrected chi connectivity index (χ1v) is 9.71. The van der Waals surface area contributed by atoms with E-state index in [1.807, 2.05) is 16.8 Å². The molecule has 3 aromatic rings. The molecule has 5 nitrogen and oxygen atoms in total. The second kappa shape index (κ2) is 6.54. The first-order valence-electron chi connectivity index (χ1n) is 7.09. The van der Waals surface area contributed by atoms with Gasteiger partial charge >= 0.3 is 0 Å². The molecular formula is C16H11BrN2O3S2. The van der Waals surface area contributed by atoms with Crippen LogP contribution < -0.4 is 14.8 Å². The number of aromatic nitrogens is 1. The number of halogens is 1. The van der Waals surface area contributed by atoms with Gasteiger partial charge < -0.3 is 14.8 Å². The third-order valence-electron chi connectivity index (χ3n) is 3.39. The molecule has 0 aliphatic carbocycles. The Hall–Kier alpha value is -1.90. The van der Waals surface area contributed by atoms with Gasteiger partial charge in [-0.25, -0.2) is 4.98 Å². The van der Waals surface area contributed by atoms with Crippen molar-refractivity contribution >= 4 is 50.2 Å². The second-order valence-corrected chi connectivity index (χ2v) is 7.47. The highest BCUT2D eigenvalue weighted by Gasteiger charge is 2.18. The zero-order valence-electron chi connectivity index (χ0n) is 12.2. The summed E-state index contributed by atoms with van der Waals surface area (Å²) in [6.07, 6.45) is 0. The quantitative estimate of drug-likeness (QED) is 0.666. The van der Waals surface area contributed by atoms with Gasteiger partial charge in [-0.05, 0) is 27.4 Å². The lowest BCUT2D eigenvalue weighted by atomic mass is 10.2. The molecule has 2 aromatic heterocycles. The topological polar surface area (TPSA) is 60.5 Å². The Morgan fingerprint density at radius 1 is 1.21 bits per heavy atom. The molecule has 122 valence electrons. The fraction of sp³-hybridized carbons (Fsp3) is 0.125. The molecule has 0 radical (unpaired) electrons. The average molecular weight is 423 g/mol. The van der Waals surface area contributed by atoms with E-state index in [2.05, 4.69) is 26.2 Å². The zero-order valence-corrected chi connectivity index (χ0v) is 15.5. The van der Waals surface area contributed by atoms with Gasteiger partial charge in [0.1, 0.15) is 23.9 Å². The summed E-state index contributed by atoms with van der Waals surface area (Å²) in [5.74, 6) is 1.03. The number of carbonyl (C=O) groups is 1. The van der Waals surface area contributed by atoms with E-state index in [-0.39, 0.29) is 5.91 Å². The molecule has 24 heavy (non-hydrogen) atoms. The van der Waals surface area contributed by atoms with E-state index in [1.165, 1.54) is 11.3 Å². The number of thiophene rings is 1. The van der Waals surface area contributed by atoms with Gasteiger partial charge in [0.05, 0.1) is 5.69 Å². The van der Waals surface area contributed by atoms with Crippen LogP contribution in [0.15, 0.2) is 38.8 Å². The van der Waals surface area contributed by atoms with Crippen LogP contribution in [0, 0.1) is 0 Å². The number of carbonyl (C=O) groups excluding carboxylic acids is 1. The predicted molar refractivity (Wildman–Crippen MR) is 98.5 cm³/mol. The third kappa shape index (κ3) is 3.04. The first-order chi connectivity index (χ1) is 11.7. The van der Waals surface area contributed by atoms with Gasteiger partial charge in [0, 0.05) is 32.9 Å². The molecule has 1 aliphatic rings. The molecule has 0 saturated carbocycles. The van der Waals surface area contributed by atoms with Crippen molar-refractivity contribution in [3.05, 3.63) is 44.5 Å². The number of thiazole rings is 1. The highest BCUT2D eigenvalue weighted by atomic mass is 79.9. The summed E-state index contributed by atoms with van der Waals surface area (Å²) >= 11 is 6.50. The fourth-order valence-corrected chi connectivity index (χ4v) is 4.18. The second-order valence-electron chi connectivity index (χ2n) is 4.98. The molecule has 0 saturated heterocycles. The summed E-state index contributed by atoms with van der Waals surface area (Å²) in [6, 6.07) is 5.53. The highest BCUT2D eigenvalue weighted by Crippen LogP contribution is 2.38. The van der Waals surface area contributed by atoms with E-state index in [0.29, 0.717) is 36.1 Å². The smallest absolute Gasteiger partial charge is 0.275 e. The normalized spacial score (nSPS) is 12.9. The molecular weight excluding hydrogens is 412 g/mol. The lowest BCUT2D eigenvalue weighted by molar-refractivity contribution is 0.102. The molecule has 0 fully saturated rings. The van der Waals surface area contributed by atoms with E-state index >= 15 is 0 Å². The van der Waals surface area contributed by atoms with E-state index in [0.717, 1.165) is 15.0 Å². The molecule has 1 aliphatic heterocycles. The van der Waals surface area contributed by atoms with Gasteiger partial charge in [0.2, 0.25) is 0 Å². The number of ether oxygens (including phenoxy) is 2. The van der Waals surface area contributed by atoms with Crippen LogP contribution in [0.4, 0.5) is 5.69 Å². The van der Waals surface area contributed by atoms with Crippen LogP contribution in [0.25, 0.3) is 10.6 Å². The van der Waals surface area contributed by atoms with Crippen molar-refractivity contribution < 1.29 is 14.3 Å². The Balaban J connectivity index is 1.56. The third-order valence-corrected chi connectivity index (χ3v) is 5.62. The Kier molecular flexibility index (Phi) is 4.26. The maximum Gasteiger partial charge on any atom is 0.275 e. The lowest BCUT2D eigenvalue weighted by Gasteiger charge is -2.20. The molecule has 0 spiro atoms. The molecule has 0 bridgehead atoms. The van der Waals surface area contributed by atoms with E-state index in [1.54, 1.807) is 28.8 Å². The van der Waals surface area contributed by atoms with Gasteiger partial charge in [-0.15, -0.1) is 11.3 Å². The minimum absolute atomic E-state index is 0.259. The monoisotopic (exact) mass is 422 g/mol. The van der Waals surface area contributed by atoms with Crippen molar-refractivity contribution in [3.8, 4) is 22.1 Å². The van der Waals surface area contributed by atoms with Crippen LogP contribution >= 0.6 is 38.6 Å². The number of anilines is 1. The van der Waals surface area contributed by atoms with Crippen LogP contribution in [0.1, 0.15) is 10.5 Å². The van der Waals surface area contributed by atoms with Gasteiger partial charge in [0.15, 0.2) is 11.5 Å². The number of rotatable bonds is 3. The summed E-state index contributed by atoms with van der Waals surface area (Å²) < 4.78 is 11.8. The number of hydrogen-bond acceptors (Lipinski definition) is 6. The number of nitrogens with one attached hydrogen (secondary N) is 1. The van der Waals surface area contributed by atoms with Crippen molar-refractivity contribution in [2.75, 3.05) is 18.5 Å². The van der Waals surface area contributed by atoms with Crippen molar-refractivity contribution in [3.63, 3.8) is 0 Å². The summed E-state index contributed by atoms with van der Waals surface area (Å²) in [4.78, 5) is 16.9. The number of benzene rings is 1. The summed E-state index contributed by atoms with van der Waals surface area (Å²) in [5.41, 5.74) is 2.04. The predicted octanol–water partition coefficient (Wildman–Crippen LogP) is 4.66. The van der Waals surface area contributed by atoms with Gasteiger partial charge in [0.25, 0.3) is 5.91 Å². The SMILES string of the molecule is O=C(Nc1cc2c(cc1Br)OCCO2)c1csc(-c2ccsc2)n1. The molecule has 0 atom stereocenters. The fourth-order valence-electron chi connectivity index (χ4n) is 2.24. The average Bonchev–Trinajstić information content (AvgIpc) is 3.26. The van der Waals surface area contributed by atoms with Gasteiger partial charge in [-0.2, -0.15) is 11.3 Å². The van der Waals surface area contributed by atoms with E-state index < -0.39 is 0 Å². The van der Waals surface area contributed by atoms with Gasteiger partial charge in [-0.3, -0.25) is 4.79 Å². The van der Waals surface area contributed by atoms with Crippen LogP contribution in [-0.2, 0) is 0 Å². The van der Waals surface area contributed by atoms with Crippen molar-refractivity contribution in [1.82, 2.24) is 4.98 Å². The number of hydrogen-bond donors (Lipinski definition) is 1. The van der Waals surface area contributed by atoms with Crippen LogP contribution in [0.5, 0.6) is 11.5 Å². The summed E-state index contributed by atoms with van der Waals surface area (Å²) in [5, 5.41) is 9.46. The summed E-state index contributed by atoms with van der Waals surface area (Å²) in [7, 11) is 0. The first kappa shape index (κ1) is 15.6. The highest BCUT2D eigenvalue weighted by molar-refractivity contribution is 9.10. The van der Waals surface area contributed by atoms with E-state index in [9.17, 15) is 4.79 Å². The van der Waals surface area contributed by atoms with Crippen LogP contribution in [0.3, 0.4) is 0 Å². The number of amides is 1. The maximum atomic E-state index is 12.5. The van der Waals surface area contributed by atoms with Crippen LogP contribution in [0.2, 0.25) is 0 Å². The Labute approximate surface area is 154 Å². The Morgan fingerprint density at radius 3 is 2.75 bits per heavy atom. The number of nitrogens with zero attached hydrogens (tertiary/aromatic N) is 1. The Morgan fingerprint density at radius 2 is 2.00 bits per heavy atom. The van der Waals surface area contributed by atoms with E-state index in [4.69, 9.17) is 9.47 Å².